The number of nitrogens with zero attached hydrogens (tertiary/aromatic N) is 2. The summed E-state index contributed by atoms with van der Waals surface area (Å²) in [5, 5.41) is 6.72. The summed E-state index contributed by atoms with van der Waals surface area (Å²) in [7, 11) is 0. The lowest BCUT2D eigenvalue weighted by Gasteiger charge is -2.27. The lowest BCUT2D eigenvalue weighted by molar-refractivity contribution is 0.0987. The van der Waals surface area contributed by atoms with Crippen LogP contribution in [0.5, 0.6) is 0 Å². The van der Waals surface area contributed by atoms with Crippen LogP contribution in [0, 0.1) is 12.8 Å². The molecule has 3 rings (SSSR count). The van der Waals surface area contributed by atoms with Crippen molar-refractivity contribution in [2.45, 2.75) is 46.8 Å². The highest BCUT2D eigenvalue weighted by atomic mass is 16.5. The molecule has 0 aliphatic carbocycles. The average Bonchev–Trinajstić information content (AvgIpc) is 3.13. The van der Waals surface area contributed by atoms with Gasteiger partial charge < -0.3 is 9.84 Å². The Labute approximate surface area is 136 Å². The lowest BCUT2D eigenvalue weighted by Crippen LogP contribution is -2.32. The molecule has 1 atom stereocenters. The van der Waals surface area contributed by atoms with Crippen LogP contribution in [-0.2, 0) is 13.1 Å². The number of carbonyl (C=O) groups excluding carboxylic acids is 1. The maximum Gasteiger partial charge on any atom is 0.294 e. The lowest BCUT2D eigenvalue weighted by atomic mass is 10.1. The van der Waals surface area contributed by atoms with E-state index in [9.17, 15) is 4.79 Å². The smallest absolute Gasteiger partial charge is 0.294 e. The molecule has 122 valence electrons. The molecule has 1 unspecified atom stereocenters. The monoisotopic (exact) mass is 313 g/mol. The van der Waals surface area contributed by atoms with Gasteiger partial charge in [-0.1, -0.05) is 31.1 Å². The predicted octanol–water partition coefficient (Wildman–Crippen LogP) is 3.60. The van der Waals surface area contributed by atoms with E-state index in [0.29, 0.717) is 17.7 Å². The quantitative estimate of drug-likeness (QED) is 0.937. The highest BCUT2D eigenvalue weighted by molar-refractivity contribution is 6.02. The van der Waals surface area contributed by atoms with Crippen molar-refractivity contribution in [3.8, 4) is 0 Å². The molecule has 1 aliphatic rings. The number of benzene rings is 1. The van der Waals surface area contributed by atoms with Gasteiger partial charge in [0, 0.05) is 30.9 Å². The molecule has 0 saturated heterocycles. The van der Waals surface area contributed by atoms with E-state index in [-0.39, 0.29) is 11.7 Å². The molecule has 5 heteroatoms. The van der Waals surface area contributed by atoms with Gasteiger partial charge in [0.15, 0.2) is 0 Å². The summed E-state index contributed by atoms with van der Waals surface area (Å²) in [5.41, 5.74) is 4.04. The minimum absolute atomic E-state index is 0.241. The molecule has 1 aromatic carbocycles. The zero-order chi connectivity index (χ0) is 16.6. The number of carbonyl (C=O) groups is 1. The number of hydrogen-bond acceptors (Lipinski definition) is 4. The van der Waals surface area contributed by atoms with Crippen molar-refractivity contribution in [2.75, 3.05) is 5.32 Å². The van der Waals surface area contributed by atoms with Crippen molar-refractivity contribution in [2.24, 2.45) is 5.92 Å². The molecule has 1 amide bonds. The summed E-state index contributed by atoms with van der Waals surface area (Å²) in [6.45, 7) is 10.3. The fraction of sp³-hybridized carbons (Fsp3) is 0.444. The molecule has 5 nitrogen and oxygen atoms in total. The Morgan fingerprint density at radius 3 is 2.74 bits per heavy atom. The van der Waals surface area contributed by atoms with Gasteiger partial charge in [0.25, 0.3) is 5.91 Å². The molecule has 0 spiro atoms. The van der Waals surface area contributed by atoms with E-state index >= 15 is 0 Å². The van der Waals surface area contributed by atoms with Crippen LogP contribution in [0.1, 0.15) is 48.1 Å². The first-order valence-corrected chi connectivity index (χ1v) is 8.05. The molecular weight excluding hydrogens is 290 g/mol. The Morgan fingerprint density at radius 1 is 1.30 bits per heavy atom. The molecule has 0 radical (unpaired) electrons. The Bertz CT molecular complexity index is 721. The average molecular weight is 313 g/mol. The van der Waals surface area contributed by atoms with Crippen LogP contribution in [0.3, 0.4) is 0 Å². The van der Waals surface area contributed by atoms with Crippen molar-refractivity contribution in [3.63, 3.8) is 0 Å². The van der Waals surface area contributed by atoms with Crippen LogP contribution in [0.4, 0.5) is 5.69 Å². The third kappa shape index (κ3) is 3.15. The van der Waals surface area contributed by atoms with Crippen LogP contribution in [0.15, 0.2) is 28.8 Å². The van der Waals surface area contributed by atoms with Gasteiger partial charge in [-0.15, -0.1) is 0 Å². The molecule has 1 N–H and O–H groups in total. The van der Waals surface area contributed by atoms with Gasteiger partial charge in [-0.25, -0.2) is 0 Å². The third-order valence-electron chi connectivity index (χ3n) is 4.65. The zero-order valence-electron chi connectivity index (χ0n) is 14.1. The number of nitrogens with one attached hydrogen (secondary N) is 1. The van der Waals surface area contributed by atoms with E-state index < -0.39 is 0 Å². The SMILES string of the molecule is Cc1cc(C(=O)Nc2cccc3c2CN(C(C)C(C)C)C3)on1. The van der Waals surface area contributed by atoms with Crippen LogP contribution in [0.25, 0.3) is 0 Å². The summed E-state index contributed by atoms with van der Waals surface area (Å²) >= 11 is 0. The predicted molar refractivity (Wildman–Crippen MR) is 89.2 cm³/mol. The number of aryl methyl sites for hydroxylation is 1. The fourth-order valence-electron chi connectivity index (χ4n) is 2.93. The number of anilines is 1. The normalized spacial score (nSPS) is 15.7. The number of aromatic nitrogens is 1. The summed E-state index contributed by atoms with van der Waals surface area (Å²) in [5.74, 6) is 0.583. The molecule has 1 aromatic heterocycles. The maximum absolute atomic E-state index is 12.3. The largest absolute Gasteiger partial charge is 0.351 e. The minimum Gasteiger partial charge on any atom is -0.351 e. The Balaban J connectivity index is 1.79. The highest BCUT2D eigenvalue weighted by Gasteiger charge is 2.27. The first kappa shape index (κ1) is 15.7. The second-order valence-corrected chi connectivity index (χ2v) is 6.62. The van der Waals surface area contributed by atoms with E-state index in [2.05, 4.69) is 42.2 Å². The van der Waals surface area contributed by atoms with Crippen LogP contribution >= 0.6 is 0 Å². The maximum atomic E-state index is 12.3. The van der Waals surface area contributed by atoms with E-state index in [1.165, 1.54) is 11.1 Å². The fourth-order valence-corrected chi connectivity index (χ4v) is 2.93. The highest BCUT2D eigenvalue weighted by Crippen LogP contribution is 2.32. The number of amides is 1. The molecule has 2 aromatic rings. The second kappa shape index (κ2) is 6.16. The molecule has 1 aliphatic heterocycles. The van der Waals surface area contributed by atoms with Crippen molar-refractivity contribution in [1.82, 2.24) is 10.1 Å². The van der Waals surface area contributed by atoms with Crippen LogP contribution in [-0.4, -0.2) is 22.0 Å². The van der Waals surface area contributed by atoms with Crippen LogP contribution in [0.2, 0.25) is 0 Å². The Morgan fingerprint density at radius 2 is 2.09 bits per heavy atom. The first-order chi connectivity index (χ1) is 11.0. The van der Waals surface area contributed by atoms with E-state index in [1.54, 1.807) is 13.0 Å². The molecule has 0 bridgehead atoms. The molecular formula is C18H23N3O2. The summed E-state index contributed by atoms with van der Waals surface area (Å²) in [4.78, 5) is 14.7. The summed E-state index contributed by atoms with van der Waals surface area (Å²) < 4.78 is 5.04. The molecule has 23 heavy (non-hydrogen) atoms. The van der Waals surface area contributed by atoms with Gasteiger partial charge in [-0.2, -0.15) is 0 Å². The Kier molecular flexibility index (Phi) is 4.22. The molecule has 0 saturated carbocycles. The van der Waals surface area contributed by atoms with Crippen molar-refractivity contribution in [3.05, 3.63) is 46.8 Å². The van der Waals surface area contributed by atoms with E-state index in [4.69, 9.17) is 4.52 Å². The van der Waals surface area contributed by atoms with E-state index in [0.717, 1.165) is 18.8 Å². The summed E-state index contributed by atoms with van der Waals surface area (Å²) in [6.07, 6.45) is 0. The topological polar surface area (TPSA) is 58.4 Å². The van der Waals surface area contributed by atoms with Crippen molar-refractivity contribution >= 4 is 11.6 Å². The van der Waals surface area contributed by atoms with Crippen molar-refractivity contribution in [1.29, 1.82) is 0 Å². The summed E-state index contributed by atoms with van der Waals surface area (Å²) in [6, 6.07) is 8.22. The standard InChI is InChI=1S/C18H23N3O2/c1-11(2)13(4)21-9-14-6-5-7-16(15(14)10-21)19-18(22)17-8-12(3)20-23-17/h5-8,11,13H,9-10H2,1-4H3,(H,19,22). The van der Waals surface area contributed by atoms with Gasteiger partial charge >= 0.3 is 0 Å². The number of hydrogen-bond donors (Lipinski definition) is 1. The third-order valence-corrected chi connectivity index (χ3v) is 4.65. The zero-order valence-corrected chi connectivity index (χ0v) is 14.1. The number of fused-ring (bicyclic) bond motifs is 1. The molecule has 2 heterocycles. The first-order valence-electron chi connectivity index (χ1n) is 8.05. The van der Waals surface area contributed by atoms with Crippen molar-refractivity contribution < 1.29 is 9.32 Å². The van der Waals surface area contributed by atoms with Crippen LogP contribution < -0.4 is 5.32 Å². The van der Waals surface area contributed by atoms with Gasteiger partial charge in [-0.3, -0.25) is 9.69 Å². The Hall–Kier alpha value is -2.14. The van der Waals surface area contributed by atoms with E-state index in [1.807, 2.05) is 12.1 Å². The van der Waals surface area contributed by atoms with Gasteiger partial charge in [0.2, 0.25) is 5.76 Å². The second-order valence-electron chi connectivity index (χ2n) is 6.62. The minimum atomic E-state index is -0.255. The molecule has 0 fully saturated rings. The number of rotatable bonds is 4. The van der Waals surface area contributed by atoms with Gasteiger partial charge in [0.05, 0.1) is 5.69 Å². The van der Waals surface area contributed by atoms with Gasteiger partial charge in [-0.05, 0) is 37.0 Å². The van der Waals surface area contributed by atoms with Gasteiger partial charge in [0.1, 0.15) is 0 Å².